The van der Waals surface area contributed by atoms with Crippen LogP contribution in [-0.2, 0) is 0 Å². The molecule has 150 valence electrons. The topological polar surface area (TPSA) is 79.0 Å². The highest BCUT2D eigenvalue weighted by Crippen LogP contribution is 2.35. The van der Waals surface area contributed by atoms with Gasteiger partial charge in [-0.15, -0.1) is 0 Å². The Hall–Kier alpha value is -2.61. The van der Waals surface area contributed by atoms with Gasteiger partial charge in [0.05, 0.1) is 7.11 Å². The van der Waals surface area contributed by atoms with Gasteiger partial charge in [0.15, 0.2) is 28.7 Å². The van der Waals surface area contributed by atoms with Crippen molar-refractivity contribution in [3.05, 3.63) is 29.6 Å². The van der Waals surface area contributed by atoms with Crippen LogP contribution in [-0.4, -0.2) is 60.5 Å². The molecule has 2 aliphatic rings. The molecule has 0 atom stereocenters. The van der Waals surface area contributed by atoms with Gasteiger partial charge in [-0.1, -0.05) is 5.16 Å². The Bertz CT molecular complexity index is 855. The van der Waals surface area contributed by atoms with Gasteiger partial charge in [-0.3, -0.25) is 0 Å². The zero-order valence-electron chi connectivity index (χ0n) is 15.9. The first kappa shape index (κ1) is 18.7. The normalized spacial score (nSPS) is 18.6. The zero-order chi connectivity index (χ0) is 19.7. The molecule has 0 spiro atoms. The van der Waals surface area contributed by atoms with Gasteiger partial charge >= 0.3 is 5.97 Å². The summed E-state index contributed by atoms with van der Waals surface area (Å²) in [5.41, 5.74) is 0.426. The molecule has 1 aromatic carbocycles. The molecule has 0 saturated carbocycles. The maximum Gasteiger partial charge on any atom is 0.343 e. The first-order chi connectivity index (χ1) is 13.6. The van der Waals surface area contributed by atoms with Gasteiger partial charge in [-0.25, -0.2) is 9.18 Å². The first-order valence-corrected chi connectivity index (χ1v) is 9.64. The van der Waals surface area contributed by atoms with Crippen LogP contribution in [0.15, 0.2) is 22.7 Å². The van der Waals surface area contributed by atoms with Crippen LogP contribution in [0.1, 0.15) is 36.0 Å². The van der Waals surface area contributed by atoms with Crippen molar-refractivity contribution in [3.63, 3.8) is 0 Å². The number of aromatic nitrogens is 1. The largest absolute Gasteiger partial charge is 0.494 e. The van der Waals surface area contributed by atoms with Gasteiger partial charge in [-0.05, 0) is 57.0 Å². The van der Waals surface area contributed by atoms with Crippen molar-refractivity contribution in [2.24, 2.45) is 0 Å². The van der Waals surface area contributed by atoms with E-state index < -0.39 is 11.8 Å². The fraction of sp³-hybridized carbons (Fsp3) is 0.500. The number of hydrogen-bond donors (Lipinski definition) is 1. The number of anilines is 1. The van der Waals surface area contributed by atoms with Crippen LogP contribution in [0, 0.1) is 5.82 Å². The fourth-order valence-corrected chi connectivity index (χ4v) is 4.24. The standard InChI is InChI=1S/C20H24FN3O4/c1-27-16-12-13(4-5-15(16)21)18-17(20(25)26)19(22-28-18)24-10-6-14(7-11-24)23-8-2-3-9-23/h4-5,12,14H,2-3,6-11H2,1H3,(H,25,26). The van der Waals surface area contributed by atoms with E-state index in [2.05, 4.69) is 10.1 Å². The number of piperidine rings is 1. The van der Waals surface area contributed by atoms with Gasteiger partial charge in [0.25, 0.3) is 0 Å². The molecule has 3 heterocycles. The molecule has 0 bridgehead atoms. The second-order valence-corrected chi connectivity index (χ2v) is 7.33. The molecule has 0 amide bonds. The molecule has 2 saturated heterocycles. The predicted molar refractivity (Wildman–Crippen MR) is 101 cm³/mol. The van der Waals surface area contributed by atoms with Gasteiger partial charge in [0.2, 0.25) is 0 Å². The summed E-state index contributed by atoms with van der Waals surface area (Å²) in [5.74, 6) is -1.16. The average Bonchev–Trinajstić information content (AvgIpc) is 3.38. The number of carboxylic acid groups (broad SMARTS) is 1. The smallest absolute Gasteiger partial charge is 0.343 e. The lowest BCUT2D eigenvalue weighted by Gasteiger charge is -2.36. The van der Waals surface area contributed by atoms with E-state index in [0.29, 0.717) is 17.4 Å². The molecule has 1 N–H and O–H groups in total. The van der Waals surface area contributed by atoms with Crippen molar-refractivity contribution < 1.29 is 23.6 Å². The average molecular weight is 389 g/mol. The minimum atomic E-state index is -1.11. The van der Waals surface area contributed by atoms with Gasteiger partial charge in [0, 0.05) is 24.7 Å². The van der Waals surface area contributed by atoms with E-state index >= 15 is 0 Å². The third-order valence-electron chi connectivity index (χ3n) is 5.72. The van der Waals surface area contributed by atoms with Crippen molar-refractivity contribution in [3.8, 4) is 17.1 Å². The first-order valence-electron chi connectivity index (χ1n) is 9.64. The molecule has 2 fully saturated rings. The third kappa shape index (κ3) is 3.44. The summed E-state index contributed by atoms with van der Waals surface area (Å²) in [7, 11) is 1.36. The number of carbonyl (C=O) groups is 1. The molecular weight excluding hydrogens is 365 g/mol. The maximum atomic E-state index is 13.7. The summed E-state index contributed by atoms with van der Waals surface area (Å²) in [6.07, 6.45) is 4.48. The van der Waals surface area contributed by atoms with Crippen molar-refractivity contribution >= 4 is 11.8 Å². The number of methoxy groups -OCH3 is 1. The molecule has 0 aliphatic carbocycles. The molecule has 7 nitrogen and oxygen atoms in total. The SMILES string of the molecule is COc1cc(-c2onc(N3CCC(N4CCCC4)CC3)c2C(=O)O)ccc1F. The van der Waals surface area contributed by atoms with Crippen molar-refractivity contribution in [1.82, 2.24) is 10.1 Å². The summed E-state index contributed by atoms with van der Waals surface area (Å²) in [5, 5.41) is 13.9. The van der Waals surface area contributed by atoms with Gasteiger partial charge in [0.1, 0.15) is 0 Å². The summed E-state index contributed by atoms with van der Waals surface area (Å²) >= 11 is 0. The summed E-state index contributed by atoms with van der Waals surface area (Å²) in [6.45, 7) is 3.79. The Balaban J connectivity index is 1.58. The Morgan fingerprint density at radius 3 is 2.61 bits per heavy atom. The number of carboxylic acids is 1. The molecule has 8 heteroatoms. The highest BCUT2D eigenvalue weighted by molar-refractivity contribution is 5.99. The lowest BCUT2D eigenvalue weighted by molar-refractivity contribution is 0.0697. The summed E-state index contributed by atoms with van der Waals surface area (Å²) < 4.78 is 24.1. The van der Waals surface area contributed by atoms with Crippen molar-refractivity contribution in [1.29, 1.82) is 0 Å². The fourth-order valence-electron chi connectivity index (χ4n) is 4.24. The third-order valence-corrected chi connectivity index (χ3v) is 5.72. The second-order valence-electron chi connectivity index (χ2n) is 7.33. The van der Waals surface area contributed by atoms with E-state index in [1.807, 2.05) is 4.90 Å². The molecule has 2 aliphatic heterocycles. The quantitative estimate of drug-likeness (QED) is 0.841. The van der Waals surface area contributed by atoms with E-state index in [1.54, 1.807) is 0 Å². The zero-order valence-corrected chi connectivity index (χ0v) is 15.9. The van der Waals surface area contributed by atoms with Crippen LogP contribution in [0.25, 0.3) is 11.3 Å². The lowest BCUT2D eigenvalue weighted by Crippen LogP contribution is -2.44. The number of ether oxygens (including phenoxy) is 1. The van der Waals surface area contributed by atoms with Gasteiger partial charge in [-0.2, -0.15) is 0 Å². The van der Waals surface area contributed by atoms with E-state index in [1.165, 1.54) is 38.2 Å². The van der Waals surface area contributed by atoms with Gasteiger partial charge < -0.3 is 24.2 Å². The predicted octanol–water partition coefficient (Wildman–Crippen LogP) is 3.25. The summed E-state index contributed by atoms with van der Waals surface area (Å²) in [4.78, 5) is 16.5. The Morgan fingerprint density at radius 2 is 1.96 bits per heavy atom. The highest BCUT2D eigenvalue weighted by atomic mass is 19.1. The Labute approximate surface area is 162 Å². The van der Waals surface area contributed by atoms with E-state index in [9.17, 15) is 14.3 Å². The molecule has 0 radical (unpaired) electrons. The Morgan fingerprint density at radius 1 is 1.25 bits per heavy atom. The van der Waals surface area contributed by atoms with E-state index in [4.69, 9.17) is 9.26 Å². The van der Waals surface area contributed by atoms with Crippen LogP contribution in [0.2, 0.25) is 0 Å². The maximum absolute atomic E-state index is 13.7. The minimum absolute atomic E-state index is 0.00767. The van der Waals surface area contributed by atoms with Crippen LogP contribution in [0.3, 0.4) is 0 Å². The number of rotatable bonds is 5. The minimum Gasteiger partial charge on any atom is -0.494 e. The number of hydrogen-bond acceptors (Lipinski definition) is 6. The number of benzene rings is 1. The monoisotopic (exact) mass is 389 g/mol. The molecule has 2 aromatic rings. The number of halogens is 1. The van der Waals surface area contributed by atoms with Crippen LogP contribution in [0.5, 0.6) is 5.75 Å². The second kappa shape index (κ2) is 7.79. The Kier molecular flexibility index (Phi) is 5.21. The van der Waals surface area contributed by atoms with Crippen LogP contribution < -0.4 is 9.64 Å². The number of nitrogens with zero attached hydrogens (tertiary/aromatic N) is 3. The molecule has 4 rings (SSSR count). The van der Waals surface area contributed by atoms with Crippen LogP contribution in [0.4, 0.5) is 10.2 Å². The molecule has 28 heavy (non-hydrogen) atoms. The molecule has 1 aromatic heterocycles. The molecule has 0 unspecified atom stereocenters. The number of likely N-dealkylation sites (tertiary alicyclic amines) is 1. The van der Waals surface area contributed by atoms with Crippen molar-refractivity contribution in [2.45, 2.75) is 31.7 Å². The van der Waals surface area contributed by atoms with Crippen molar-refractivity contribution in [2.75, 3.05) is 38.2 Å². The highest BCUT2D eigenvalue weighted by Gasteiger charge is 2.32. The lowest BCUT2D eigenvalue weighted by atomic mass is 10.0. The molecular formula is C20H24FN3O4. The summed E-state index contributed by atoms with van der Waals surface area (Å²) in [6, 6.07) is 4.67. The van der Waals surface area contributed by atoms with E-state index in [0.717, 1.165) is 39.0 Å². The van der Waals surface area contributed by atoms with Crippen LogP contribution >= 0.6 is 0 Å². The van der Waals surface area contributed by atoms with E-state index in [-0.39, 0.29) is 17.1 Å². The number of aromatic carboxylic acids is 1.